The highest BCUT2D eigenvalue weighted by molar-refractivity contribution is 7.98. The maximum atomic E-state index is 12.6. The first-order valence-corrected chi connectivity index (χ1v) is 8.82. The van der Waals surface area contributed by atoms with Gasteiger partial charge in [0.2, 0.25) is 5.91 Å². The molecule has 3 nitrogen and oxygen atoms in total. The van der Waals surface area contributed by atoms with Crippen LogP contribution in [0.3, 0.4) is 0 Å². The average molecular weight is 315 g/mol. The molecule has 22 heavy (non-hydrogen) atoms. The minimum absolute atomic E-state index is 0.0168. The summed E-state index contributed by atoms with van der Waals surface area (Å²) >= 11 is 1.69. The Labute approximate surface area is 135 Å². The van der Waals surface area contributed by atoms with E-state index in [9.17, 15) is 9.59 Å². The summed E-state index contributed by atoms with van der Waals surface area (Å²) in [5.74, 6) is 0.108. The number of hydrogen-bond acceptors (Lipinski definition) is 3. The van der Waals surface area contributed by atoms with Gasteiger partial charge in [-0.15, -0.1) is 11.8 Å². The molecule has 1 unspecified atom stereocenters. The van der Waals surface area contributed by atoms with Crippen molar-refractivity contribution < 1.29 is 9.59 Å². The van der Waals surface area contributed by atoms with Gasteiger partial charge in [-0.3, -0.25) is 9.59 Å². The fourth-order valence-electron chi connectivity index (χ4n) is 3.48. The zero-order chi connectivity index (χ0) is 15.9. The summed E-state index contributed by atoms with van der Waals surface area (Å²) in [6.45, 7) is 4.16. The van der Waals surface area contributed by atoms with Crippen molar-refractivity contribution in [3.63, 3.8) is 0 Å². The van der Waals surface area contributed by atoms with Crippen LogP contribution in [-0.2, 0) is 9.59 Å². The van der Waals surface area contributed by atoms with Crippen LogP contribution in [0.1, 0.15) is 44.6 Å². The fraction of sp³-hybridized carbons (Fsp3) is 0.444. The lowest BCUT2D eigenvalue weighted by molar-refractivity contribution is -0.122. The highest BCUT2D eigenvalue weighted by Gasteiger charge is 2.40. The fourth-order valence-corrected chi connectivity index (χ4v) is 3.89. The summed E-state index contributed by atoms with van der Waals surface area (Å²) in [6, 6.07) is 8.22. The smallest absolute Gasteiger partial charge is 0.225 e. The van der Waals surface area contributed by atoms with Gasteiger partial charge in [0.25, 0.3) is 0 Å². The van der Waals surface area contributed by atoms with Gasteiger partial charge in [0.1, 0.15) is 0 Å². The van der Waals surface area contributed by atoms with Crippen molar-refractivity contribution in [2.24, 2.45) is 5.41 Å². The Kier molecular flexibility index (Phi) is 3.89. The van der Waals surface area contributed by atoms with Crippen LogP contribution in [0.5, 0.6) is 0 Å². The van der Waals surface area contributed by atoms with Crippen LogP contribution in [0.25, 0.3) is 0 Å². The van der Waals surface area contributed by atoms with Crippen molar-refractivity contribution in [2.45, 2.75) is 43.9 Å². The SMILES string of the molecule is CSc1ccc(C2CC(=O)NC3=C2C(=O)CC(C)(C)C3)cc1. The molecule has 1 heterocycles. The Balaban J connectivity index is 2.02. The molecular formula is C18H21NO2S. The maximum Gasteiger partial charge on any atom is 0.225 e. The van der Waals surface area contributed by atoms with Crippen LogP contribution in [0.15, 0.2) is 40.4 Å². The Bertz CT molecular complexity index is 658. The second-order valence-electron chi connectivity index (χ2n) is 6.91. The summed E-state index contributed by atoms with van der Waals surface area (Å²) in [6.07, 6.45) is 3.72. The van der Waals surface area contributed by atoms with Gasteiger partial charge in [-0.25, -0.2) is 0 Å². The van der Waals surface area contributed by atoms with Crippen LogP contribution in [0, 0.1) is 5.41 Å². The van der Waals surface area contributed by atoms with E-state index < -0.39 is 0 Å². The normalized spacial score (nSPS) is 24.0. The number of benzene rings is 1. The standard InChI is InChI=1S/C18H21NO2S/c1-18(2)9-14-17(15(20)10-18)13(8-16(21)19-14)11-4-6-12(22-3)7-5-11/h4-7,13H,8-10H2,1-3H3,(H,19,21). The monoisotopic (exact) mass is 315 g/mol. The van der Waals surface area contributed by atoms with Crippen LogP contribution in [0.4, 0.5) is 0 Å². The minimum atomic E-state index is -0.0942. The first kappa shape index (κ1) is 15.3. The molecule has 0 radical (unpaired) electrons. The number of Topliss-reactive ketones (excluding diaryl/α,β-unsaturated/α-hetero) is 1. The van der Waals surface area contributed by atoms with E-state index in [0.717, 1.165) is 23.3 Å². The van der Waals surface area contributed by atoms with Crippen molar-refractivity contribution in [1.82, 2.24) is 5.32 Å². The summed E-state index contributed by atoms with van der Waals surface area (Å²) in [4.78, 5) is 25.9. The van der Waals surface area contributed by atoms with E-state index in [1.165, 1.54) is 4.90 Å². The third-order valence-corrected chi connectivity index (χ3v) is 5.21. The number of rotatable bonds is 2. The molecule has 3 rings (SSSR count). The van der Waals surface area contributed by atoms with Gasteiger partial charge in [-0.05, 0) is 35.8 Å². The molecule has 4 heteroatoms. The number of nitrogens with one attached hydrogen (secondary N) is 1. The van der Waals surface area contributed by atoms with Gasteiger partial charge >= 0.3 is 0 Å². The van der Waals surface area contributed by atoms with Crippen LogP contribution < -0.4 is 5.32 Å². The lowest BCUT2D eigenvalue weighted by Gasteiger charge is -2.37. The third-order valence-electron chi connectivity index (χ3n) is 4.47. The first-order valence-electron chi connectivity index (χ1n) is 7.60. The van der Waals surface area contributed by atoms with Crippen LogP contribution >= 0.6 is 11.8 Å². The molecule has 0 aromatic heterocycles. The number of allylic oxidation sites excluding steroid dienone is 2. The Morgan fingerprint density at radius 2 is 1.82 bits per heavy atom. The zero-order valence-corrected chi connectivity index (χ0v) is 14.0. The summed E-state index contributed by atoms with van der Waals surface area (Å²) in [7, 11) is 0. The van der Waals surface area contributed by atoms with Gasteiger partial charge < -0.3 is 5.32 Å². The van der Waals surface area contributed by atoms with Crippen molar-refractivity contribution >= 4 is 23.5 Å². The van der Waals surface area contributed by atoms with Crippen molar-refractivity contribution in [3.8, 4) is 0 Å². The molecule has 0 bridgehead atoms. The molecule has 1 amide bonds. The molecule has 0 fully saturated rings. The van der Waals surface area contributed by atoms with Crippen molar-refractivity contribution in [1.29, 1.82) is 0 Å². The number of carbonyl (C=O) groups excluding carboxylic acids is 2. The molecule has 1 aromatic rings. The summed E-state index contributed by atoms with van der Waals surface area (Å²) in [5.41, 5.74) is 2.66. The number of thioether (sulfide) groups is 1. The van der Waals surface area contributed by atoms with Crippen molar-refractivity contribution in [3.05, 3.63) is 41.1 Å². The summed E-state index contributed by atoms with van der Waals surface area (Å²) in [5, 5.41) is 2.94. The van der Waals surface area contributed by atoms with Gasteiger partial charge in [-0.2, -0.15) is 0 Å². The lowest BCUT2D eigenvalue weighted by atomic mass is 9.70. The first-order chi connectivity index (χ1) is 10.4. The van der Waals surface area contributed by atoms with E-state index in [1.54, 1.807) is 11.8 Å². The van der Waals surface area contributed by atoms with E-state index in [-0.39, 0.29) is 23.0 Å². The van der Waals surface area contributed by atoms with E-state index in [2.05, 4.69) is 31.3 Å². The van der Waals surface area contributed by atoms with Crippen LogP contribution in [0.2, 0.25) is 0 Å². The number of amides is 1. The third kappa shape index (κ3) is 2.84. The average Bonchev–Trinajstić information content (AvgIpc) is 2.44. The maximum absolute atomic E-state index is 12.6. The lowest BCUT2D eigenvalue weighted by Crippen LogP contribution is -2.40. The minimum Gasteiger partial charge on any atom is -0.329 e. The second-order valence-corrected chi connectivity index (χ2v) is 7.79. The van der Waals surface area contributed by atoms with Gasteiger partial charge in [0.05, 0.1) is 0 Å². The van der Waals surface area contributed by atoms with Gasteiger partial charge in [0, 0.05) is 34.9 Å². The van der Waals surface area contributed by atoms with Crippen molar-refractivity contribution in [2.75, 3.05) is 6.26 Å². The Morgan fingerprint density at radius 1 is 1.14 bits per heavy atom. The van der Waals surface area contributed by atoms with Gasteiger partial charge in [-0.1, -0.05) is 26.0 Å². The molecule has 1 aliphatic carbocycles. The number of hydrogen-bond donors (Lipinski definition) is 1. The Morgan fingerprint density at radius 3 is 2.45 bits per heavy atom. The number of ketones is 1. The highest BCUT2D eigenvalue weighted by Crippen LogP contribution is 2.43. The molecule has 1 aliphatic heterocycles. The topological polar surface area (TPSA) is 46.2 Å². The van der Waals surface area contributed by atoms with E-state index >= 15 is 0 Å². The highest BCUT2D eigenvalue weighted by atomic mass is 32.2. The largest absolute Gasteiger partial charge is 0.329 e. The molecule has 0 saturated carbocycles. The van der Waals surface area contributed by atoms with E-state index in [1.807, 2.05) is 18.4 Å². The van der Waals surface area contributed by atoms with Gasteiger partial charge in [0.15, 0.2) is 5.78 Å². The Hall–Kier alpha value is -1.55. The quantitative estimate of drug-likeness (QED) is 0.847. The van der Waals surface area contributed by atoms with E-state index in [4.69, 9.17) is 0 Å². The molecule has 0 spiro atoms. The predicted molar refractivity (Wildman–Crippen MR) is 88.8 cm³/mol. The zero-order valence-electron chi connectivity index (χ0n) is 13.2. The molecule has 1 N–H and O–H groups in total. The predicted octanol–water partition coefficient (Wildman–Crippen LogP) is 3.66. The number of carbonyl (C=O) groups is 2. The molecule has 2 aliphatic rings. The molecule has 0 saturated heterocycles. The summed E-state index contributed by atoms with van der Waals surface area (Å²) < 4.78 is 0. The second kappa shape index (κ2) is 5.58. The molecular weight excluding hydrogens is 294 g/mol. The van der Waals surface area contributed by atoms with E-state index in [0.29, 0.717) is 12.8 Å². The molecule has 116 valence electrons. The molecule has 1 atom stereocenters. The molecule has 1 aromatic carbocycles. The van der Waals surface area contributed by atoms with Crippen LogP contribution in [-0.4, -0.2) is 17.9 Å².